The van der Waals surface area contributed by atoms with Crippen LogP contribution in [0.5, 0.6) is 11.6 Å². The van der Waals surface area contributed by atoms with Gasteiger partial charge < -0.3 is 10.1 Å². The van der Waals surface area contributed by atoms with Crippen molar-refractivity contribution >= 4 is 29.0 Å². The Labute approximate surface area is 121 Å². The van der Waals surface area contributed by atoms with E-state index >= 15 is 0 Å². The fourth-order valence-electron chi connectivity index (χ4n) is 1.45. The Morgan fingerprint density at radius 3 is 2.53 bits per heavy atom. The lowest BCUT2D eigenvalue weighted by molar-refractivity contribution is 0.462. The van der Waals surface area contributed by atoms with E-state index in [1.165, 1.54) is 6.33 Å². The highest BCUT2D eigenvalue weighted by Crippen LogP contribution is 2.27. The second-order valence-corrected chi connectivity index (χ2v) is 4.75. The predicted molar refractivity (Wildman–Crippen MR) is 77.3 cm³/mol. The molecule has 0 saturated heterocycles. The van der Waals surface area contributed by atoms with Crippen LogP contribution in [0.25, 0.3) is 0 Å². The quantitative estimate of drug-likeness (QED) is 0.889. The Hall–Kier alpha value is -1.52. The van der Waals surface area contributed by atoms with Crippen molar-refractivity contribution in [3.05, 3.63) is 40.6 Å². The Balaban J connectivity index is 2.13. The van der Waals surface area contributed by atoms with Gasteiger partial charge in [0.15, 0.2) is 0 Å². The molecule has 0 aliphatic rings. The first-order valence-electron chi connectivity index (χ1n) is 5.87. The molecule has 2 rings (SSSR count). The molecule has 4 nitrogen and oxygen atoms in total. The van der Waals surface area contributed by atoms with Crippen LogP contribution in [0.3, 0.4) is 0 Å². The van der Waals surface area contributed by atoms with Crippen molar-refractivity contribution in [2.24, 2.45) is 0 Å². The van der Waals surface area contributed by atoms with Gasteiger partial charge in [-0.2, -0.15) is 0 Å². The van der Waals surface area contributed by atoms with Crippen molar-refractivity contribution in [2.75, 3.05) is 11.9 Å². The van der Waals surface area contributed by atoms with E-state index < -0.39 is 0 Å². The van der Waals surface area contributed by atoms with E-state index in [0.29, 0.717) is 21.7 Å². The first-order valence-corrected chi connectivity index (χ1v) is 6.63. The number of hydrogen-bond acceptors (Lipinski definition) is 4. The molecule has 0 radical (unpaired) electrons. The maximum Gasteiger partial charge on any atom is 0.224 e. The van der Waals surface area contributed by atoms with Crippen LogP contribution in [0, 0.1) is 0 Å². The van der Waals surface area contributed by atoms with Crippen molar-refractivity contribution in [1.82, 2.24) is 9.97 Å². The third kappa shape index (κ3) is 4.26. The first kappa shape index (κ1) is 13.9. The van der Waals surface area contributed by atoms with Gasteiger partial charge in [0.2, 0.25) is 5.88 Å². The summed E-state index contributed by atoms with van der Waals surface area (Å²) in [5, 5.41) is 4.19. The van der Waals surface area contributed by atoms with Gasteiger partial charge >= 0.3 is 0 Å². The van der Waals surface area contributed by atoms with Crippen LogP contribution < -0.4 is 10.1 Å². The van der Waals surface area contributed by atoms with Crippen molar-refractivity contribution in [2.45, 2.75) is 13.3 Å². The van der Waals surface area contributed by atoms with Gasteiger partial charge in [-0.05, 0) is 24.6 Å². The molecule has 1 aromatic carbocycles. The number of nitrogens with zero attached hydrogens (tertiary/aromatic N) is 2. The molecule has 0 unspecified atom stereocenters. The predicted octanol–water partition coefficient (Wildman–Crippen LogP) is 4.40. The summed E-state index contributed by atoms with van der Waals surface area (Å²) in [6, 6.07) is 6.72. The molecule has 0 amide bonds. The normalized spacial score (nSPS) is 10.3. The summed E-state index contributed by atoms with van der Waals surface area (Å²) in [6.07, 6.45) is 2.46. The summed E-state index contributed by atoms with van der Waals surface area (Å²) in [5.41, 5.74) is 0. The second kappa shape index (κ2) is 6.59. The second-order valence-electron chi connectivity index (χ2n) is 3.88. The van der Waals surface area contributed by atoms with E-state index in [1.54, 1.807) is 24.3 Å². The fourth-order valence-corrected chi connectivity index (χ4v) is 1.96. The molecule has 0 saturated carbocycles. The standard InChI is InChI=1S/C13H13Cl2N3O/c1-2-3-16-12-7-13(18-8-17-12)19-11-5-9(14)4-10(15)6-11/h4-8H,2-3H2,1H3,(H,16,17,18). The van der Waals surface area contributed by atoms with Crippen molar-refractivity contribution < 1.29 is 4.74 Å². The SMILES string of the molecule is CCCNc1cc(Oc2cc(Cl)cc(Cl)c2)ncn1. The molecule has 0 atom stereocenters. The topological polar surface area (TPSA) is 47.0 Å². The maximum atomic E-state index is 5.91. The third-order valence-electron chi connectivity index (χ3n) is 2.26. The van der Waals surface area contributed by atoms with Gasteiger partial charge in [-0.3, -0.25) is 0 Å². The van der Waals surface area contributed by atoms with Gasteiger partial charge in [0.05, 0.1) is 0 Å². The lowest BCUT2D eigenvalue weighted by Crippen LogP contribution is -2.02. The van der Waals surface area contributed by atoms with Gasteiger partial charge in [-0.25, -0.2) is 9.97 Å². The highest BCUT2D eigenvalue weighted by molar-refractivity contribution is 6.34. The van der Waals surface area contributed by atoms with E-state index in [0.717, 1.165) is 18.8 Å². The minimum absolute atomic E-state index is 0.437. The summed E-state index contributed by atoms with van der Waals surface area (Å²) < 4.78 is 5.60. The molecule has 6 heteroatoms. The highest BCUT2D eigenvalue weighted by atomic mass is 35.5. The number of halogens is 2. The molecule has 0 fully saturated rings. The minimum Gasteiger partial charge on any atom is -0.439 e. The molecular formula is C13H13Cl2N3O. The van der Waals surface area contributed by atoms with Crippen LogP contribution in [-0.4, -0.2) is 16.5 Å². The van der Waals surface area contributed by atoms with Crippen molar-refractivity contribution in [3.8, 4) is 11.6 Å². The Morgan fingerprint density at radius 1 is 1.11 bits per heavy atom. The molecule has 1 aromatic heterocycles. The average molecular weight is 298 g/mol. The summed E-state index contributed by atoms with van der Waals surface area (Å²) >= 11 is 11.8. The Morgan fingerprint density at radius 2 is 1.84 bits per heavy atom. The molecule has 0 bridgehead atoms. The summed E-state index contributed by atoms with van der Waals surface area (Å²) in [4.78, 5) is 8.14. The highest BCUT2D eigenvalue weighted by Gasteiger charge is 2.03. The van der Waals surface area contributed by atoms with E-state index in [-0.39, 0.29) is 0 Å². The van der Waals surface area contributed by atoms with E-state index in [1.807, 2.05) is 0 Å². The maximum absolute atomic E-state index is 5.91. The zero-order chi connectivity index (χ0) is 13.7. The van der Waals surface area contributed by atoms with Crippen molar-refractivity contribution in [1.29, 1.82) is 0 Å². The van der Waals surface area contributed by atoms with Gasteiger partial charge in [0, 0.05) is 22.7 Å². The van der Waals surface area contributed by atoms with Crippen LogP contribution in [0.4, 0.5) is 5.82 Å². The van der Waals surface area contributed by atoms with Crippen LogP contribution in [0.1, 0.15) is 13.3 Å². The number of rotatable bonds is 5. The zero-order valence-electron chi connectivity index (χ0n) is 10.4. The number of aromatic nitrogens is 2. The molecule has 0 aliphatic carbocycles. The fraction of sp³-hybridized carbons (Fsp3) is 0.231. The number of anilines is 1. The summed E-state index contributed by atoms with van der Waals surface area (Å²) in [6.45, 7) is 2.93. The number of nitrogens with one attached hydrogen (secondary N) is 1. The van der Waals surface area contributed by atoms with E-state index in [2.05, 4.69) is 22.2 Å². The number of hydrogen-bond donors (Lipinski definition) is 1. The summed E-state index contributed by atoms with van der Waals surface area (Å²) in [5.74, 6) is 1.70. The van der Waals surface area contributed by atoms with Crippen LogP contribution in [0.15, 0.2) is 30.6 Å². The molecular weight excluding hydrogens is 285 g/mol. The van der Waals surface area contributed by atoms with Gasteiger partial charge in [-0.15, -0.1) is 0 Å². The minimum atomic E-state index is 0.437. The smallest absolute Gasteiger partial charge is 0.224 e. The van der Waals surface area contributed by atoms with Gasteiger partial charge in [-0.1, -0.05) is 30.1 Å². The molecule has 19 heavy (non-hydrogen) atoms. The zero-order valence-corrected chi connectivity index (χ0v) is 11.9. The third-order valence-corrected chi connectivity index (χ3v) is 2.69. The summed E-state index contributed by atoms with van der Waals surface area (Å²) in [7, 11) is 0. The Bertz CT molecular complexity index is 543. The monoisotopic (exact) mass is 297 g/mol. The number of benzene rings is 1. The van der Waals surface area contributed by atoms with Crippen LogP contribution >= 0.6 is 23.2 Å². The lowest BCUT2D eigenvalue weighted by Gasteiger charge is -2.07. The van der Waals surface area contributed by atoms with E-state index in [4.69, 9.17) is 27.9 Å². The molecule has 0 spiro atoms. The van der Waals surface area contributed by atoms with Gasteiger partial charge in [0.25, 0.3) is 0 Å². The average Bonchev–Trinajstić information content (AvgIpc) is 2.35. The van der Waals surface area contributed by atoms with Crippen LogP contribution in [0.2, 0.25) is 10.0 Å². The molecule has 0 aliphatic heterocycles. The molecule has 1 N–H and O–H groups in total. The van der Waals surface area contributed by atoms with Crippen molar-refractivity contribution in [3.63, 3.8) is 0 Å². The largest absolute Gasteiger partial charge is 0.439 e. The first-order chi connectivity index (χ1) is 9.17. The molecule has 100 valence electrons. The lowest BCUT2D eigenvalue weighted by atomic mass is 10.3. The van der Waals surface area contributed by atoms with Gasteiger partial charge in [0.1, 0.15) is 17.9 Å². The van der Waals surface area contributed by atoms with E-state index in [9.17, 15) is 0 Å². The molecule has 1 heterocycles. The molecule has 2 aromatic rings. The Kier molecular flexibility index (Phi) is 4.82. The number of ether oxygens (including phenoxy) is 1. The van der Waals surface area contributed by atoms with Crippen LogP contribution in [-0.2, 0) is 0 Å².